The average Bonchev–Trinajstić information content (AvgIpc) is 2.86. The van der Waals surface area contributed by atoms with E-state index in [-0.39, 0.29) is 6.04 Å². The van der Waals surface area contributed by atoms with Crippen LogP contribution in [0, 0.1) is 6.92 Å². The SMILES string of the molecule is Cc1ccc2cc(C(NN)c3ccn(C)n3)ccc2n1. The van der Waals surface area contributed by atoms with Gasteiger partial charge in [0.2, 0.25) is 0 Å². The number of aromatic nitrogens is 3. The Hall–Kier alpha value is -2.24. The summed E-state index contributed by atoms with van der Waals surface area (Å²) in [6.45, 7) is 1.99. The lowest BCUT2D eigenvalue weighted by Gasteiger charge is -2.14. The number of hydrogen-bond donors (Lipinski definition) is 2. The number of nitrogens with one attached hydrogen (secondary N) is 1. The summed E-state index contributed by atoms with van der Waals surface area (Å²) in [6.07, 6.45) is 1.91. The van der Waals surface area contributed by atoms with Crippen LogP contribution >= 0.6 is 0 Å². The van der Waals surface area contributed by atoms with Gasteiger partial charge in [0.25, 0.3) is 0 Å². The Morgan fingerprint density at radius 2 is 2.05 bits per heavy atom. The van der Waals surface area contributed by atoms with Gasteiger partial charge in [-0.1, -0.05) is 12.1 Å². The van der Waals surface area contributed by atoms with E-state index in [9.17, 15) is 0 Å². The summed E-state index contributed by atoms with van der Waals surface area (Å²) in [6, 6.07) is 12.1. The molecule has 1 unspecified atom stereocenters. The molecule has 0 aliphatic carbocycles. The van der Waals surface area contributed by atoms with E-state index in [1.807, 2.05) is 44.4 Å². The third-order valence-corrected chi connectivity index (χ3v) is 3.38. The van der Waals surface area contributed by atoms with Crippen LogP contribution in [-0.2, 0) is 7.05 Å². The zero-order valence-electron chi connectivity index (χ0n) is 11.5. The van der Waals surface area contributed by atoms with Crippen LogP contribution in [0.5, 0.6) is 0 Å². The Balaban J connectivity index is 2.05. The maximum atomic E-state index is 5.70. The number of hydrogen-bond acceptors (Lipinski definition) is 4. The summed E-state index contributed by atoms with van der Waals surface area (Å²) >= 11 is 0. The van der Waals surface area contributed by atoms with Gasteiger partial charge < -0.3 is 0 Å². The van der Waals surface area contributed by atoms with Crippen molar-refractivity contribution in [2.75, 3.05) is 0 Å². The molecule has 5 nitrogen and oxygen atoms in total. The molecule has 1 atom stereocenters. The van der Waals surface area contributed by atoms with Gasteiger partial charge in [-0.15, -0.1) is 0 Å². The molecule has 3 rings (SSSR count). The van der Waals surface area contributed by atoms with Crippen LogP contribution < -0.4 is 11.3 Å². The molecule has 0 aliphatic heterocycles. The van der Waals surface area contributed by atoms with E-state index in [4.69, 9.17) is 5.84 Å². The van der Waals surface area contributed by atoms with Gasteiger partial charge in [0.1, 0.15) is 0 Å². The van der Waals surface area contributed by atoms with Gasteiger partial charge >= 0.3 is 0 Å². The van der Waals surface area contributed by atoms with Crippen molar-refractivity contribution in [2.45, 2.75) is 13.0 Å². The van der Waals surface area contributed by atoms with Gasteiger partial charge in [0.15, 0.2) is 0 Å². The summed E-state index contributed by atoms with van der Waals surface area (Å²) in [5, 5.41) is 5.51. The van der Waals surface area contributed by atoms with Crippen LogP contribution in [0.25, 0.3) is 10.9 Å². The number of fused-ring (bicyclic) bond motifs is 1. The molecule has 1 aromatic carbocycles. The predicted octanol–water partition coefficient (Wildman–Crippen LogP) is 1.83. The highest BCUT2D eigenvalue weighted by molar-refractivity contribution is 5.79. The highest BCUT2D eigenvalue weighted by atomic mass is 15.3. The van der Waals surface area contributed by atoms with Gasteiger partial charge in [-0.25, -0.2) is 5.43 Å². The normalized spacial score (nSPS) is 12.8. The van der Waals surface area contributed by atoms with Gasteiger partial charge in [0, 0.05) is 24.3 Å². The molecular formula is C15H17N5. The fourth-order valence-corrected chi connectivity index (χ4v) is 2.36. The molecule has 3 N–H and O–H groups in total. The molecule has 5 heteroatoms. The fourth-order valence-electron chi connectivity index (χ4n) is 2.36. The van der Waals surface area contributed by atoms with E-state index in [1.54, 1.807) is 4.68 Å². The molecule has 0 fully saturated rings. The number of hydrazine groups is 1. The van der Waals surface area contributed by atoms with Crippen LogP contribution in [0.4, 0.5) is 0 Å². The monoisotopic (exact) mass is 267 g/mol. The Kier molecular flexibility index (Phi) is 3.22. The minimum atomic E-state index is -0.123. The lowest BCUT2D eigenvalue weighted by molar-refractivity contribution is 0.604. The predicted molar refractivity (Wildman–Crippen MR) is 78.9 cm³/mol. The zero-order chi connectivity index (χ0) is 14.1. The largest absolute Gasteiger partial charge is 0.275 e. The van der Waals surface area contributed by atoms with Gasteiger partial charge in [0.05, 0.1) is 17.3 Å². The van der Waals surface area contributed by atoms with Crippen LogP contribution in [0.1, 0.15) is 23.0 Å². The van der Waals surface area contributed by atoms with Gasteiger partial charge in [-0.2, -0.15) is 5.10 Å². The number of benzene rings is 1. The standard InChI is InChI=1S/C15H17N5/c1-10-3-4-11-9-12(5-6-13(11)17-10)15(18-16)14-7-8-20(2)19-14/h3-9,15,18H,16H2,1-2H3. The Morgan fingerprint density at radius 3 is 2.75 bits per heavy atom. The third kappa shape index (κ3) is 2.29. The van der Waals surface area contributed by atoms with E-state index in [2.05, 4.69) is 27.6 Å². The first-order chi connectivity index (χ1) is 9.67. The van der Waals surface area contributed by atoms with Crippen LogP contribution in [0.2, 0.25) is 0 Å². The molecule has 0 aliphatic rings. The summed E-state index contributed by atoms with van der Waals surface area (Å²) in [4.78, 5) is 4.51. The lowest BCUT2D eigenvalue weighted by Crippen LogP contribution is -2.29. The first-order valence-electron chi connectivity index (χ1n) is 6.50. The smallest absolute Gasteiger partial charge is 0.0900 e. The third-order valence-electron chi connectivity index (χ3n) is 3.38. The maximum absolute atomic E-state index is 5.70. The first-order valence-corrected chi connectivity index (χ1v) is 6.50. The molecule has 0 radical (unpaired) electrons. The number of pyridine rings is 1. The summed E-state index contributed by atoms with van der Waals surface area (Å²) in [5.74, 6) is 5.70. The molecule has 2 heterocycles. The maximum Gasteiger partial charge on any atom is 0.0900 e. The first kappa shape index (κ1) is 12.8. The second-order valence-corrected chi connectivity index (χ2v) is 4.92. The van der Waals surface area contributed by atoms with Crippen molar-refractivity contribution < 1.29 is 0 Å². The zero-order valence-corrected chi connectivity index (χ0v) is 11.5. The molecule has 0 bridgehead atoms. The number of rotatable bonds is 3. The lowest BCUT2D eigenvalue weighted by atomic mass is 10.0. The number of nitrogens with zero attached hydrogens (tertiary/aromatic N) is 3. The van der Waals surface area contributed by atoms with Crippen molar-refractivity contribution in [3.8, 4) is 0 Å². The molecule has 20 heavy (non-hydrogen) atoms. The Bertz CT molecular complexity index is 747. The molecule has 0 spiro atoms. The summed E-state index contributed by atoms with van der Waals surface area (Å²) < 4.78 is 1.77. The van der Waals surface area contributed by atoms with Crippen LogP contribution in [0.3, 0.4) is 0 Å². The van der Waals surface area contributed by atoms with Crippen molar-refractivity contribution in [3.05, 3.63) is 59.5 Å². The molecular weight excluding hydrogens is 250 g/mol. The summed E-state index contributed by atoms with van der Waals surface area (Å²) in [7, 11) is 1.89. The van der Waals surface area contributed by atoms with Gasteiger partial charge in [-0.3, -0.25) is 15.5 Å². The molecule has 102 valence electrons. The number of aryl methyl sites for hydroxylation is 2. The quantitative estimate of drug-likeness (QED) is 0.561. The minimum Gasteiger partial charge on any atom is -0.275 e. The van der Waals surface area contributed by atoms with E-state index in [1.165, 1.54) is 0 Å². The molecule has 0 amide bonds. The van der Waals surface area contributed by atoms with Crippen LogP contribution in [0.15, 0.2) is 42.6 Å². The van der Waals surface area contributed by atoms with E-state index in [0.29, 0.717) is 0 Å². The van der Waals surface area contributed by atoms with E-state index >= 15 is 0 Å². The van der Waals surface area contributed by atoms with Gasteiger partial charge in [-0.05, 0) is 36.8 Å². The van der Waals surface area contributed by atoms with Crippen LogP contribution in [-0.4, -0.2) is 14.8 Å². The van der Waals surface area contributed by atoms with E-state index < -0.39 is 0 Å². The highest BCUT2D eigenvalue weighted by Crippen LogP contribution is 2.23. The topological polar surface area (TPSA) is 68.8 Å². The number of nitrogens with two attached hydrogens (primary N) is 1. The summed E-state index contributed by atoms with van der Waals surface area (Å²) in [5.41, 5.74) is 6.81. The highest BCUT2D eigenvalue weighted by Gasteiger charge is 2.15. The molecule has 2 aromatic heterocycles. The molecule has 0 saturated heterocycles. The Morgan fingerprint density at radius 1 is 1.20 bits per heavy atom. The second kappa shape index (κ2) is 5.03. The van der Waals surface area contributed by atoms with Crippen molar-refractivity contribution in [1.29, 1.82) is 0 Å². The molecule has 3 aromatic rings. The minimum absolute atomic E-state index is 0.123. The average molecular weight is 267 g/mol. The molecule has 0 saturated carbocycles. The van der Waals surface area contributed by atoms with Crippen molar-refractivity contribution in [3.63, 3.8) is 0 Å². The van der Waals surface area contributed by atoms with Crippen molar-refractivity contribution >= 4 is 10.9 Å². The van der Waals surface area contributed by atoms with E-state index in [0.717, 1.165) is 27.9 Å². The fraction of sp³-hybridized carbons (Fsp3) is 0.200. The Labute approximate surface area is 117 Å². The second-order valence-electron chi connectivity index (χ2n) is 4.92. The van der Waals surface area contributed by atoms with Crippen molar-refractivity contribution in [1.82, 2.24) is 20.2 Å². The van der Waals surface area contributed by atoms with Crippen molar-refractivity contribution in [2.24, 2.45) is 12.9 Å².